The molecule has 0 saturated carbocycles. The third kappa shape index (κ3) is 3.82. The second kappa shape index (κ2) is 9.70. The van der Waals surface area contributed by atoms with E-state index < -0.39 is 0 Å². The van der Waals surface area contributed by atoms with E-state index in [0.717, 1.165) is 22.7 Å². The number of benzene rings is 7. The van der Waals surface area contributed by atoms with Crippen molar-refractivity contribution in [3.8, 4) is 16.8 Å². The molecule has 0 fully saturated rings. The Balaban J connectivity index is 1.23. The van der Waals surface area contributed by atoms with Crippen molar-refractivity contribution in [3.05, 3.63) is 169 Å². The zero-order chi connectivity index (χ0) is 30.1. The van der Waals surface area contributed by atoms with E-state index in [1.165, 1.54) is 54.8 Å². The molecule has 0 N–H and O–H groups in total. The number of hydrogen-bond acceptors (Lipinski definition) is 1. The first-order valence-corrected chi connectivity index (χ1v) is 15.7. The molecule has 0 radical (unpaired) electrons. The van der Waals surface area contributed by atoms with Crippen LogP contribution in [0.3, 0.4) is 0 Å². The highest BCUT2D eigenvalue weighted by Crippen LogP contribution is 2.53. The van der Waals surface area contributed by atoms with Crippen LogP contribution in [-0.2, 0) is 5.41 Å². The molecular formula is C43H32N2. The summed E-state index contributed by atoms with van der Waals surface area (Å²) in [6.45, 7) is 4.71. The summed E-state index contributed by atoms with van der Waals surface area (Å²) >= 11 is 0. The van der Waals surface area contributed by atoms with Gasteiger partial charge in [-0.15, -0.1) is 0 Å². The lowest BCUT2D eigenvalue weighted by atomic mass is 9.82. The van der Waals surface area contributed by atoms with Gasteiger partial charge < -0.3 is 9.47 Å². The monoisotopic (exact) mass is 576 g/mol. The third-order valence-electron chi connectivity index (χ3n) is 9.75. The summed E-state index contributed by atoms with van der Waals surface area (Å²) in [6, 6.07) is 57.4. The topological polar surface area (TPSA) is 8.17 Å². The van der Waals surface area contributed by atoms with Crippen LogP contribution in [0.4, 0.5) is 17.1 Å². The van der Waals surface area contributed by atoms with E-state index in [1.807, 2.05) is 0 Å². The van der Waals surface area contributed by atoms with Crippen molar-refractivity contribution in [2.75, 3.05) is 4.90 Å². The quantitative estimate of drug-likeness (QED) is 0.202. The van der Waals surface area contributed by atoms with Gasteiger partial charge in [0.1, 0.15) is 0 Å². The van der Waals surface area contributed by atoms with Gasteiger partial charge in [-0.1, -0.05) is 111 Å². The van der Waals surface area contributed by atoms with Crippen molar-refractivity contribution >= 4 is 49.6 Å². The van der Waals surface area contributed by atoms with Crippen molar-refractivity contribution < 1.29 is 0 Å². The molecular weight excluding hydrogens is 544 g/mol. The Hall–Kier alpha value is -5.60. The first kappa shape index (κ1) is 25.9. The van der Waals surface area contributed by atoms with Gasteiger partial charge in [-0.05, 0) is 93.7 Å². The Bertz CT molecular complexity index is 2390. The Morgan fingerprint density at radius 2 is 1.16 bits per heavy atom. The molecule has 0 saturated heterocycles. The van der Waals surface area contributed by atoms with Crippen molar-refractivity contribution in [1.82, 2.24) is 4.57 Å². The maximum Gasteiger partial charge on any atom is 0.0547 e. The molecule has 0 bridgehead atoms. The first-order valence-electron chi connectivity index (χ1n) is 15.7. The molecule has 2 heteroatoms. The van der Waals surface area contributed by atoms with Gasteiger partial charge in [-0.25, -0.2) is 0 Å². The SMILES string of the molecule is CC1(C)c2ccccc2-c2c1ccc1c2c2ccccc2n1-c1ccc(N(c2ccccc2)c2ccc3ccccc3c2)cc1. The van der Waals surface area contributed by atoms with Gasteiger partial charge in [0.15, 0.2) is 0 Å². The lowest BCUT2D eigenvalue weighted by Crippen LogP contribution is -2.14. The van der Waals surface area contributed by atoms with Gasteiger partial charge in [0, 0.05) is 38.9 Å². The molecule has 0 amide bonds. The van der Waals surface area contributed by atoms with Gasteiger partial charge in [0.05, 0.1) is 11.0 Å². The molecule has 0 aliphatic heterocycles. The standard InChI is InChI=1S/C43H32N2/c1-43(2)37-18-10-8-16-35(37)41-38(43)26-27-40-42(41)36-17-9-11-19-39(36)45(40)33-24-22-32(23-25-33)44(31-14-4-3-5-15-31)34-21-20-29-12-6-7-13-30(29)28-34/h3-28H,1-2H3. The van der Waals surface area contributed by atoms with E-state index in [4.69, 9.17) is 0 Å². The van der Waals surface area contributed by atoms with Crippen LogP contribution in [-0.4, -0.2) is 4.57 Å². The van der Waals surface area contributed by atoms with Crippen LogP contribution in [0.5, 0.6) is 0 Å². The molecule has 1 aromatic heterocycles. The summed E-state index contributed by atoms with van der Waals surface area (Å²) in [5, 5.41) is 5.11. The number of fused-ring (bicyclic) bond motifs is 8. The van der Waals surface area contributed by atoms with E-state index >= 15 is 0 Å². The average Bonchev–Trinajstić information content (AvgIpc) is 3.54. The van der Waals surface area contributed by atoms with Crippen molar-refractivity contribution in [1.29, 1.82) is 0 Å². The number of nitrogens with zero attached hydrogens (tertiary/aromatic N) is 2. The lowest BCUT2D eigenvalue weighted by molar-refractivity contribution is 0.661. The summed E-state index contributed by atoms with van der Waals surface area (Å²) in [5.41, 5.74) is 12.5. The minimum atomic E-state index is -0.0331. The molecule has 1 heterocycles. The largest absolute Gasteiger partial charge is 0.310 e. The molecule has 7 aromatic carbocycles. The molecule has 1 aliphatic rings. The Morgan fingerprint density at radius 1 is 0.489 bits per heavy atom. The minimum Gasteiger partial charge on any atom is -0.310 e. The van der Waals surface area contributed by atoms with Crippen LogP contribution < -0.4 is 4.90 Å². The molecule has 1 aliphatic carbocycles. The van der Waals surface area contributed by atoms with Gasteiger partial charge >= 0.3 is 0 Å². The molecule has 9 rings (SSSR count). The van der Waals surface area contributed by atoms with Crippen LogP contribution in [0, 0.1) is 0 Å². The van der Waals surface area contributed by atoms with Crippen LogP contribution in [0.2, 0.25) is 0 Å². The lowest BCUT2D eigenvalue weighted by Gasteiger charge is -2.26. The summed E-state index contributed by atoms with van der Waals surface area (Å²) in [6.07, 6.45) is 0. The summed E-state index contributed by atoms with van der Waals surface area (Å²) in [5.74, 6) is 0. The van der Waals surface area contributed by atoms with Gasteiger partial charge in [0.25, 0.3) is 0 Å². The number of para-hydroxylation sites is 2. The molecule has 0 unspecified atom stereocenters. The highest BCUT2D eigenvalue weighted by atomic mass is 15.1. The normalized spacial score (nSPS) is 13.3. The summed E-state index contributed by atoms with van der Waals surface area (Å²) in [7, 11) is 0. The molecule has 214 valence electrons. The maximum atomic E-state index is 2.44. The number of aromatic nitrogens is 1. The minimum absolute atomic E-state index is 0.0331. The summed E-state index contributed by atoms with van der Waals surface area (Å²) in [4.78, 5) is 2.34. The Morgan fingerprint density at radius 3 is 2.00 bits per heavy atom. The van der Waals surface area contributed by atoms with E-state index in [9.17, 15) is 0 Å². The van der Waals surface area contributed by atoms with E-state index in [1.54, 1.807) is 0 Å². The van der Waals surface area contributed by atoms with Gasteiger partial charge in [-0.2, -0.15) is 0 Å². The van der Waals surface area contributed by atoms with Crippen molar-refractivity contribution in [2.45, 2.75) is 19.3 Å². The van der Waals surface area contributed by atoms with Crippen LogP contribution >= 0.6 is 0 Å². The molecule has 45 heavy (non-hydrogen) atoms. The van der Waals surface area contributed by atoms with Crippen LogP contribution in [0.25, 0.3) is 49.4 Å². The Labute approximate surface area is 263 Å². The molecule has 0 spiro atoms. The van der Waals surface area contributed by atoms with E-state index in [0.29, 0.717) is 0 Å². The van der Waals surface area contributed by atoms with E-state index in [-0.39, 0.29) is 5.41 Å². The fraction of sp³-hybridized carbons (Fsp3) is 0.0698. The van der Waals surface area contributed by atoms with Gasteiger partial charge in [-0.3, -0.25) is 0 Å². The predicted molar refractivity (Wildman–Crippen MR) is 191 cm³/mol. The predicted octanol–water partition coefficient (Wildman–Crippen LogP) is 11.7. The number of anilines is 3. The smallest absolute Gasteiger partial charge is 0.0547 e. The zero-order valence-corrected chi connectivity index (χ0v) is 25.4. The second-order valence-corrected chi connectivity index (χ2v) is 12.6. The van der Waals surface area contributed by atoms with Gasteiger partial charge in [0.2, 0.25) is 0 Å². The van der Waals surface area contributed by atoms with Crippen molar-refractivity contribution in [3.63, 3.8) is 0 Å². The zero-order valence-electron chi connectivity index (χ0n) is 25.4. The number of rotatable bonds is 4. The second-order valence-electron chi connectivity index (χ2n) is 12.6. The highest BCUT2D eigenvalue weighted by molar-refractivity contribution is 6.17. The Kier molecular flexibility index (Phi) is 5.58. The van der Waals surface area contributed by atoms with E-state index in [2.05, 4.69) is 181 Å². The highest BCUT2D eigenvalue weighted by Gasteiger charge is 2.37. The maximum absolute atomic E-state index is 2.44. The molecule has 2 nitrogen and oxygen atoms in total. The average molecular weight is 577 g/mol. The molecule has 0 atom stereocenters. The first-order chi connectivity index (χ1) is 22.1. The van der Waals surface area contributed by atoms with Crippen LogP contribution in [0.15, 0.2) is 158 Å². The third-order valence-corrected chi connectivity index (χ3v) is 9.75. The summed E-state index contributed by atoms with van der Waals surface area (Å²) < 4.78 is 2.44. The fourth-order valence-electron chi connectivity index (χ4n) is 7.62. The fourth-order valence-corrected chi connectivity index (χ4v) is 7.62. The van der Waals surface area contributed by atoms with Crippen LogP contribution in [0.1, 0.15) is 25.0 Å². The number of hydrogen-bond donors (Lipinski definition) is 0. The van der Waals surface area contributed by atoms with Crippen molar-refractivity contribution in [2.24, 2.45) is 0 Å². The molecule has 8 aromatic rings.